The van der Waals surface area contributed by atoms with Gasteiger partial charge in [-0.3, -0.25) is 4.79 Å². The number of carbonyl (C=O) groups is 2. The van der Waals surface area contributed by atoms with Crippen molar-refractivity contribution in [2.75, 3.05) is 26.2 Å². The molecule has 1 atom stereocenters. The van der Waals surface area contributed by atoms with Gasteiger partial charge in [-0.2, -0.15) is 0 Å². The number of nitrogens with zero attached hydrogens (tertiary/aromatic N) is 3. The fraction of sp³-hybridized carbons (Fsp3) is 0.346. The lowest BCUT2D eigenvalue weighted by atomic mass is 10.1. The van der Waals surface area contributed by atoms with Gasteiger partial charge in [0.2, 0.25) is 0 Å². The molecular formula is C26H27ClFN3O3. The molecule has 2 amide bonds. The summed E-state index contributed by atoms with van der Waals surface area (Å²) < 4.78 is 18.1. The highest BCUT2D eigenvalue weighted by molar-refractivity contribution is 6.35. The summed E-state index contributed by atoms with van der Waals surface area (Å²) in [6.45, 7) is 5.01. The Morgan fingerprint density at radius 1 is 1.15 bits per heavy atom. The Hall–Kier alpha value is -3.19. The normalized spacial score (nSPS) is 16.1. The molecule has 0 spiro atoms. The van der Waals surface area contributed by atoms with Gasteiger partial charge in [-0.05, 0) is 37.1 Å². The third kappa shape index (κ3) is 4.99. The van der Waals surface area contributed by atoms with Crippen molar-refractivity contribution in [3.63, 3.8) is 0 Å². The van der Waals surface area contributed by atoms with Gasteiger partial charge in [0, 0.05) is 42.2 Å². The van der Waals surface area contributed by atoms with Crippen molar-refractivity contribution >= 4 is 34.5 Å². The molecule has 3 aromatic rings. The van der Waals surface area contributed by atoms with Crippen molar-refractivity contribution in [3.05, 3.63) is 64.7 Å². The minimum absolute atomic E-state index is 0.119. The number of hydrogen-bond acceptors (Lipinski definition) is 4. The quantitative estimate of drug-likeness (QED) is 0.465. The zero-order valence-electron chi connectivity index (χ0n) is 19.3. The molecule has 1 aromatic heterocycles. The van der Waals surface area contributed by atoms with Gasteiger partial charge in [0.15, 0.2) is 0 Å². The van der Waals surface area contributed by atoms with E-state index < -0.39 is 6.67 Å². The largest absolute Gasteiger partial charge is 0.449 e. The van der Waals surface area contributed by atoms with Gasteiger partial charge in [-0.15, -0.1) is 0 Å². The number of hydrogen-bond donors (Lipinski definition) is 0. The lowest BCUT2D eigenvalue weighted by Crippen LogP contribution is -2.55. The van der Waals surface area contributed by atoms with Crippen LogP contribution in [0.4, 0.5) is 9.18 Å². The molecule has 1 fully saturated rings. The summed E-state index contributed by atoms with van der Waals surface area (Å²) >= 11 is 6.51. The van der Waals surface area contributed by atoms with Gasteiger partial charge in [0.05, 0.1) is 22.8 Å². The van der Waals surface area contributed by atoms with Crippen LogP contribution in [0.1, 0.15) is 36.2 Å². The second kappa shape index (κ2) is 10.4. The molecule has 1 aliphatic heterocycles. The average molecular weight is 484 g/mol. The number of benzene rings is 2. The number of halogens is 2. The predicted molar refractivity (Wildman–Crippen MR) is 131 cm³/mol. The number of fused-ring (bicyclic) bond motifs is 1. The molecule has 178 valence electrons. The van der Waals surface area contributed by atoms with Crippen molar-refractivity contribution in [2.24, 2.45) is 0 Å². The number of alkyl halides is 1. The van der Waals surface area contributed by atoms with E-state index in [2.05, 4.69) is 0 Å². The number of piperazine rings is 1. The molecule has 1 saturated heterocycles. The van der Waals surface area contributed by atoms with Crippen molar-refractivity contribution in [3.8, 4) is 11.3 Å². The van der Waals surface area contributed by atoms with Crippen molar-refractivity contribution in [2.45, 2.75) is 33.0 Å². The molecule has 8 heteroatoms. The van der Waals surface area contributed by atoms with Gasteiger partial charge in [-0.25, -0.2) is 14.2 Å². The van der Waals surface area contributed by atoms with Crippen LogP contribution in [0.25, 0.3) is 22.2 Å². The SMILES string of the molecule is CCCOC(=O)N1CCN(C(=O)c2ccc3c(Cl)cc(-c4ccc(CF)cc4)nc3c2)[C@@H](C)C1. The maximum absolute atomic E-state index is 13.3. The molecule has 2 aromatic carbocycles. The van der Waals surface area contributed by atoms with Gasteiger partial charge >= 0.3 is 6.09 Å². The first-order chi connectivity index (χ1) is 16.4. The molecule has 6 nitrogen and oxygen atoms in total. The maximum Gasteiger partial charge on any atom is 0.409 e. The van der Waals surface area contributed by atoms with Crippen molar-refractivity contribution < 1.29 is 18.7 Å². The Morgan fingerprint density at radius 3 is 2.59 bits per heavy atom. The molecule has 0 aliphatic carbocycles. The molecule has 34 heavy (non-hydrogen) atoms. The van der Waals surface area contributed by atoms with E-state index in [1.54, 1.807) is 58.3 Å². The number of amides is 2. The van der Waals surface area contributed by atoms with Gasteiger partial charge in [0.1, 0.15) is 6.67 Å². The number of carbonyl (C=O) groups excluding carboxylic acids is 2. The molecule has 0 unspecified atom stereocenters. The predicted octanol–water partition coefficient (Wildman–Crippen LogP) is 5.72. The van der Waals surface area contributed by atoms with E-state index in [0.29, 0.717) is 53.6 Å². The molecule has 1 aliphatic rings. The Labute approximate surface area is 203 Å². The highest BCUT2D eigenvalue weighted by atomic mass is 35.5. The zero-order chi connectivity index (χ0) is 24.2. The van der Waals surface area contributed by atoms with Crippen molar-refractivity contribution in [1.82, 2.24) is 14.8 Å². The molecule has 0 radical (unpaired) electrons. The average Bonchev–Trinajstić information content (AvgIpc) is 2.86. The Balaban J connectivity index is 1.56. The smallest absolute Gasteiger partial charge is 0.409 e. The van der Waals surface area contributed by atoms with E-state index in [0.717, 1.165) is 17.4 Å². The van der Waals surface area contributed by atoms with Crippen LogP contribution in [-0.4, -0.2) is 59.1 Å². The molecule has 0 bridgehead atoms. The first-order valence-electron chi connectivity index (χ1n) is 11.4. The van der Waals surface area contributed by atoms with E-state index >= 15 is 0 Å². The standard InChI is InChI=1S/C26H27ClFN3O3/c1-3-12-34-26(33)30-10-11-31(17(2)16-30)25(32)20-8-9-21-22(27)14-23(29-24(21)13-20)19-6-4-18(15-28)5-7-19/h4-9,13-14,17H,3,10-12,15-16H2,1-2H3/t17-/m0/s1. The maximum atomic E-state index is 13.3. The van der Waals surface area contributed by atoms with E-state index in [4.69, 9.17) is 21.3 Å². The molecular weight excluding hydrogens is 457 g/mol. The monoisotopic (exact) mass is 483 g/mol. The van der Waals surface area contributed by atoms with Crippen LogP contribution in [0.5, 0.6) is 0 Å². The summed E-state index contributed by atoms with van der Waals surface area (Å²) in [5.41, 5.74) is 3.18. The first-order valence-corrected chi connectivity index (χ1v) is 11.8. The van der Waals surface area contributed by atoms with Crippen LogP contribution < -0.4 is 0 Å². The number of ether oxygens (including phenoxy) is 1. The zero-order valence-corrected chi connectivity index (χ0v) is 20.0. The highest BCUT2D eigenvalue weighted by Gasteiger charge is 2.31. The lowest BCUT2D eigenvalue weighted by Gasteiger charge is -2.39. The second-order valence-electron chi connectivity index (χ2n) is 8.46. The molecule has 2 heterocycles. The minimum atomic E-state index is -0.524. The molecule has 0 N–H and O–H groups in total. The summed E-state index contributed by atoms with van der Waals surface area (Å²) in [5.74, 6) is -0.119. The van der Waals surface area contributed by atoms with Gasteiger partial charge in [0.25, 0.3) is 5.91 Å². The fourth-order valence-electron chi connectivity index (χ4n) is 4.10. The topological polar surface area (TPSA) is 62.7 Å². The van der Waals surface area contributed by atoms with E-state index in [1.807, 2.05) is 13.8 Å². The Kier molecular flexibility index (Phi) is 7.32. The van der Waals surface area contributed by atoms with E-state index in [-0.39, 0.29) is 18.0 Å². The summed E-state index contributed by atoms with van der Waals surface area (Å²) in [6.07, 6.45) is 0.433. The Morgan fingerprint density at radius 2 is 1.91 bits per heavy atom. The van der Waals surface area contributed by atoms with Gasteiger partial charge < -0.3 is 14.5 Å². The Bertz CT molecular complexity index is 1200. The van der Waals surface area contributed by atoms with Crippen LogP contribution in [0.2, 0.25) is 5.02 Å². The van der Waals surface area contributed by atoms with Crippen LogP contribution in [-0.2, 0) is 11.4 Å². The number of pyridine rings is 1. The minimum Gasteiger partial charge on any atom is -0.449 e. The molecule has 0 saturated carbocycles. The summed E-state index contributed by atoms with van der Waals surface area (Å²) in [5, 5.41) is 1.28. The van der Waals surface area contributed by atoms with Crippen LogP contribution in [0.3, 0.4) is 0 Å². The van der Waals surface area contributed by atoms with Crippen molar-refractivity contribution in [1.29, 1.82) is 0 Å². The fourth-order valence-corrected chi connectivity index (χ4v) is 4.37. The van der Waals surface area contributed by atoms with Gasteiger partial charge in [-0.1, -0.05) is 48.9 Å². The lowest BCUT2D eigenvalue weighted by molar-refractivity contribution is 0.0414. The van der Waals surface area contributed by atoms with Crippen LogP contribution in [0, 0.1) is 0 Å². The summed E-state index contributed by atoms with van der Waals surface area (Å²) in [4.78, 5) is 33.6. The van der Waals surface area contributed by atoms with E-state index in [9.17, 15) is 14.0 Å². The number of rotatable bonds is 5. The summed E-state index contributed by atoms with van der Waals surface area (Å²) in [7, 11) is 0. The van der Waals surface area contributed by atoms with E-state index in [1.165, 1.54) is 0 Å². The third-order valence-corrected chi connectivity index (χ3v) is 6.30. The molecule has 4 rings (SSSR count). The summed E-state index contributed by atoms with van der Waals surface area (Å²) in [6, 6.07) is 14.0. The number of aromatic nitrogens is 1. The highest BCUT2D eigenvalue weighted by Crippen LogP contribution is 2.29. The first kappa shape index (κ1) is 24.0. The third-order valence-electron chi connectivity index (χ3n) is 5.99. The second-order valence-corrected chi connectivity index (χ2v) is 8.87. The van der Waals surface area contributed by atoms with Crippen LogP contribution >= 0.6 is 11.6 Å². The van der Waals surface area contributed by atoms with Crippen LogP contribution in [0.15, 0.2) is 48.5 Å².